The van der Waals surface area contributed by atoms with E-state index in [0.717, 1.165) is 10.4 Å². The maximum atomic E-state index is 12.3. The van der Waals surface area contributed by atoms with Gasteiger partial charge in [-0.3, -0.25) is 14.9 Å². The summed E-state index contributed by atoms with van der Waals surface area (Å²) >= 11 is 6.19. The van der Waals surface area contributed by atoms with Crippen LogP contribution in [0.5, 0.6) is 0 Å². The molecule has 21 heavy (non-hydrogen) atoms. The van der Waals surface area contributed by atoms with Gasteiger partial charge in [0, 0.05) is 19.2 Å². The zero-order valence-corrected chi connectivity index (χ0v) is 12.7. The number of hydrogen-bond acceptors (Lipinski definition) is 7. The number of sulfonamides is 1. The molecule has 0 aromatic carbocycles. The Kier molecular flexibility index (Phi) is 3.97. The number of carboxylic acid groups (broad SMARTS) is 1. The Balaban J connectivity index is 2.34. The SMILES string of the molecule is NC1(C(=O)O)CCN(S(=O)(=O)c2cc([N+](=O)[O-])c(Cl)s2)C1. The lowest BCUT2D eigenvalue weighted by Gasteiger charge is -2.19. The van der Waals surface area contributed by atoms with Crippen molar-refractivity contribution < 1.29 is 23.2 Å². The Morgan fingerprint density at radius 2 is 2.24 bits per heavy atom. The standard InChI is InChI=1S/C9H10ClN3O6S2/c10-7-5(13(16)17)3-6(20-7)21(18,19)12-2-1-9(11,4-12)8(14)15/h3H,1-2,4,11H2,(H,14,15). The van der Waals surface area contributed by atoms with Gasteiger partial charge in [0.1, 0.15) is 9.75 Å². The van der Waals surface area contributed by atoms with E-state index in [1.807, 2.05) is 0 Å². The van der Waals surface area contributed by atoms with Crippen molar-refractivity contribution >= 4 is 44.6 Å². The van der Waals surface area contributed by atoms with E-state index in [4.69, 9.17) is 22.4 Å². The van der Waals surface area contributed by atoms with Gasteiger partial charge in [0.05, 0.1) is 4.92 Å². The van der Waals surface area contributed by atoms with E-state index in [9.17, 15) is 23.3 Å². The molecule has 0 radical (unpaired) electrons. The predicted molar refractivity (Wildman–Crippen MR) is 73.9 cm³/mol. The van der Waals surface area contributed by atoms with Gasteiger partial charge < -0.3 is 10.8 Å². The number of aliphatic carboxylic acids is 1. The van der Waals surface area contributed by atoms with Gasteiger partial charge in [-0.2, -0.15) is 4.31 Å². The maximum absolute atomic E-state index is 12.3. The van der Waals surface area contributed by atoms with Crippen LogP contribution in [0, 0.1) is 10.1 Å². The van der Waals surface area contributed by atoms with Crippen LogP contribution in [-0.4, -0.2) is 47.4 Å². The summed E-state index contributed by atoms with van der Waals surface area (Å²) in [6, 6.07) is 0.861. The summed E-state index contributed by atoms with van der Waals surface area (Å²) in [6.07, 6.45) is -0.0389. The van der Waals surface area contributed by atoms with E-state index in [2.05, 4.69) is 0 Å². The fourth-order valence-electron chi connectivity index (χ4n) is 1.89. The normalized spacial score (nSPS) is 23.3. The van der Waals surface area contributed by atoms with Crippen molar-refractivity contribution in [2.45, 2.75) is 16.2 Å². The predicted octanol–water partition coefficient (Wildman–Crippen LogP) is 0.486. The summed E-state index contributed by atoms with van der Waals surface area (Å²) in [4.78, 5) is 20.9. The summed E-state index contributed by atoms with van der Waals surface area (Å²) in [7, 11) is -4.06. The third kappa shape index (κ3) is 2.74. The van der Waals surface area contributed by atoms with Crippen LogP contribution < -0.4 is 5.73 Å². The molecule has 1 fully saturated rings. The molecule has 0 bridgehead atoms. The summed E-state index contributed by atoms with van der Waals surface area (Å²) in [5, 5.41) is 19.7. The van der Waals surface area contributed by atoms with Crippen LogP contribution >= 0.6 is 22.9 Å². The molecular formula is C9H10ClN3O6S2. The summed E-state index contributed by atoms with van der Waals surface area (Å²) in [5.41, 5.74) is 3.46. The monoisotopic (exact) mass is 355 g/mol. The molecule has 0 aliphatic carbocycles. The number of carboxylic acids is 1. The average molecular weight is 356 g/mol. The lowest BCUT2D eigenvalue weighted by Crippen LogP contribution is -2.50. The molecule has 1 saturated heterocycles. The third-order valence-corrected chi connectivity index (χ3v) is 6.76. The summed E-state index contributed by atoms with van der Waals surface area (Å²) in [5.74, 6) is -1.30. The second-order valence-corrected chi connectivity index (χ2v) is 8.35. The Labute approximate surface area is 128 Å². The first-order valence-corrected chi connectivity index (χ1v) is 8.17. The van der Waals surface area contributed by atoms with Crippen LogP contribution in [0.2, 0.25) is 4.34 Å². The van der Waals surface area contributed by atoms with E-state index >= 15 is 0 Å². The average Bonchev–Trinajstić information content (AvgIpc) is 2.94. The number of carbonyl (C=O) groups is 1. The van der Waals surface area contributed by atoms with Crippen LogP contribution in [-0.2, 0) is 14.8 Å². The van der Waals surface area contributed by atoms with Crippen LogP contribution in [0.15, 0.2) is 10.3 Å². The molecular weight excluding hydrogens is 346 g/mol. The molecule has 3 N–H and O–H groups in total. The maximum Gasteiger partial charge on any atom is 0.325 e. The van der Waals surface area contributed by atoms with Crippen LogP contribution in [0.3, 0.4) is 0 Å². The minimum absolute atomic E-state index is 0.0389. The molecule has 0 spiro atoms. The first kappa shape index (κ1) is 16.1. The molecule has 1 aliphatic rings. The van der Waals surface area contributed by atoms with Crippen molar-refractivity contribution in [1.29, 1.82) is 0 Å². The van der Waals surface area contributed by atoms with Gasteiger partial charge in [-0.25, -0.2) is 8.42 Å². The molecule has 1 aromatic heterocycles. The highest BCUT2D eigenvalue weighted by Gasteiger charge is 2.46. The second kappa shape index (κ2) is 5.18. The topological polar surface area (TPSA) is 144 Å². The van der Waals surface area contributed by atoms with E-state index in [0.29, 0.717) is 11.3 Å². The van der Waals surface area contributed by atoms with Crippen molar-refractivity contribution in [1.82, 2.24) is 4.31 Å². The second-order valence-electron chi connectivity index (χ2n) is 4.53. The third-order valence-electron chi connectivity index (χ3n) is 3.13. The largest absolute Gasteiger partial charge is 0.480 e. The molecule has 2 rings (SSSR count). The highest BCUT2D eigenvalue weighted by molar-refractivity contribution is 7.91. The number of halogens is 1. The fraction of sp³-hybridized carbons (Fsp3) is 0.444. The fourth-order valence-corrected chi connectivity index (χ4v) is 5.22. The van der Waals surface area contributed by atoms with Gasteiger partial charge in [-0.05, 0) is 6.42 Å². The minimum atomic E-state index is -4.06. The molecule has 2 heterocycles. The quantitative estimate of drug-likeness (QED) is 0.590. The van der Waals surface area contributed by atoms with Crippen molar-refractivity contribution in [2.24, 2.45) is 5.73 Å². The molecule has 9 nitrogen and oxygen atoms in total. The van der Waals surface area contributed by atoms with Crippen molar-refractivity contribution in [3.8, 4) is 0 Å². The summed E-state index contributed by atoms with van der Waals surface area (Å²) in [6.45, 7) is -0.470. The van der Waals surface area contributed by atoms with Crippen LogP contribution in [0.25, 0.3) is 0 Å². The molecule has 0 amide bonds. The van der Waals surface area contributed by atoms with Gasteiger partial charge in [0.15, 0.2) is 4.34 Å². The van der Waals surface area contributed by atoms with Gasteiger partial charge in [0.2, 0.25) is 0 Å². The Morgan fingerprint density at radius 1 is 1.62 bits per heavy atom. The molecule has 1 unspecified atom stereocenters. The number of hydrogen-bond donors (Lipinski definition) is 2. The molecule has 1 atom stereocenters. The first-order chi connectivity index (χ1) is 9.58. The van der Waals surface area contributed by atoms with Crippen molar-refractivity contribution in [3.63, 3.8) is 0 Å². The molecule has 116 valence electrons. The summed E-state index contributed by atoms with van der Waals surface area (Å²) < 4.78 is 25.0. The number of nitrogens with two attached hydrogens (primary N) is 1. The van der Waals surface area contributed by atoms with Crippen LogP contribution in [0.4, 0.5) is 5.69 Å². The first-order valence-electron chi connectivity index (χ1n) is 5.54. The molecule has 1 aliphatic heterocycles. The van der Waals surface area contributed by atoms with Gasteiger partial charge in [-0.15, -0.1) is 11.3 Å². The van der Waals surface area contributed by atoms with E-state index in [1.54, 1.807) is 0 Å². The highest BCUT2D eigenvalue weighted by Crippen LogP contribution is 2.38. The minimum Gasteiger partial charge on any atom is -0.480 e. The van der Waals surface area contributed by atoms with Gasteiger partial charge in [-0.1, -0.05) is 11.6 Å². The number of nitrogens with zero attached hydrogens (tertiary/aromatic N) is 2. The van der Waals surface area contributed by atoms with E-state index < -0.39 is 38.7 Å². The van der Waals surface area contributed by atoms with Crippen LogP contribution in [0.1, 0.15) is 6.42 Å². The Morgan fingerprint density at radius 3 is 2.67 bits per heavy atom. The molecule has 1 aromatic rings. The zero-order chi connectivity index (χ0) is 16.0. The number of thiophene rings is 1. The Hall–Kier alpha value is -1.27. The zero-order valence-electron chi connectivity index (χ0n) is 10.4. The van der Waals surface area contributed by atoms with E-state index in [-0.39, 0.29) is 21.5 Å². The van der Waals surface area contributed by atoms with Gasteiger partial charge >= 0.3 is 5.97 Å². The van der Waals surface area contributed by atoms with Crippen molar-refractivity contribution in [2.75, 3.05) is 13.1 Å². The molecule has 0 saturated carbocycles. The molecule has 12 heteroatoms. The van der Waals surface area contributed by atoms with Crippen molar-refractivity contribution in [3.05, 3.63) is 20.5 Å². The highest BCUT2D eigenvalue weighted by atomic mass is 35.5. The lowest BCUT2D eigenvalue weighted by atomic mass is 10.0. The number of nitro groups is 1. The van der Waals surface area contributed by atoms with Gasteiger partial charge in [0.25, 0.3) is 15.7 Å². The van der Waals surface area contributed by atoms with E-state index in [1.165, 1.54) is 0 Å². The lowest BCUT2D eigenvalue weighted by molar-refractivity contribution is -0.384. The Bertz CT molecular complexity index is 717. The number of rotatable bonds is 4. The smallest absolute Gasteiger partial charge is 0.325 e.